The number of nitro groups is 1. The number of hydrogen-bond donors (Lipinski definition) is 2. The quantitative estimate of drug-likeness (QED) is 0.183. The summed E-state index contributed by atoms with van der Waals surface area (Å²) in [5.41, 5.74) is 3.60. The summed E-state index contributed by atoms with van der Waals surface area (Å²) in [5, 5.41) is 28.2. The van der Waals surface area contributed by atoms with E-state index in [0.717, 1.165) is 17.3 Å². The number of nitriles is 1. The van der Waals surface area contributed by atoms with Crippen LogP contribution in [0.25, 0.3) is 0 Å². The monoisotopic (exact) mass is 558 g/mol. The van der Waals surface area contributed by atoms with Crippen molar-refractivity contribution in [1.29, 1.82) is 5.26 Å². The van der Waals surface area contributed by atoms with E-state index in [1.807, 2.05) is 25.1 Å². The van der Waals surface area contributed by atoms with Gasteiger partial charge in [-0.2, -0.15) is 5.26 Å². The highest BCUT2D eigenvalue weighted by Gasteiger charge is 2.35. The van der Waals surface area contributed by atoms with Crippen molar-refractivity contribution in [2.75, 3.05) is 11.1 Å². The molecule has 1 aliphatic heterocycles. The summed E-state index contributed by atoms with van der Waals surface area (Å²) in [4.78, 5) is 36.8. The smallest absolute Gasteiger partial charge is 0.269 e. The first-order valence-corrected chi connectivity index (χ1v) is 13.2. The second kappa shape index (κ2) is 12.0. The summed E-state index contributed by atoms with van der Waals surface area (Å²) in [7, 11) is 0. The highest BCUT2D eigenvalue weighted by molar-refractivity contribution is 8.03. The van der Waals surface area contributed by atoms with E-state index in [1.54, 1.807) is 37.3 Å². The number of dihydropyridines is 1. The molecule has 3 aromatic rings. The van der Waals surface area contributed by atoms with E-state index in [-0.39, 0.29) is 28.7 Å². The lowest BCUT2D eigenvalue weighted by Gasteiger charge is -2.30. The molecule has 0 saturated heterocycles. The minimum Gasteiger partial charge on any atom is -0.353 e. The Morgan fingerprint density at radius 1 is 1.10 bits per heavy atom. The van der Waals surface area contributed by atoms with Crippen molar-refractivity contribution in [2.24, 2.45) is 0 Å². The topological polar surface area (TPSA) is 125 Å². The van der Waals surface area contributed by atoms with E-state index >= 15 is 0 Å². The summed E-state index contributed by atoms with van der Waals surface area (Å²) in [6.45, 7) is 3.64. The van der Waals surface area contributed by atoms with Gasteiger partial charge in [0.25, 0.3) is 11.6 Å². The number of ketones is 1. The zero-order chi connectivity index (χ0) is 28.1. The number of nitrogens with zero attached hydrogens (tertiary/aromatic N) is 2. The molecule has 0 bridgehead atoms. The first-order valence-electron chi connectivity index (χ1n) is 11.8. The molecule has 1 aliphatic rings. The van der Waals surface area contributed by atoms with Crippen molar-refractivity contribution in [3.8, 4) is 6.07 Å². The number of carbonyl (C=O) groups is 2. The number of allylic oxidation sites excluding steroid dienone is 2. The number of halogens is 1. The van der Waals surface area contributed by atoms with E-state index < -0.39 is 10.8 Å². The number of nitro benzene ring substituents is 1. The second-order valence-corrected chi connectivity index (χ2v) is 10.2. The number of para-hydroxylation sites is 1. The Morgan fingerprint density at radius 2 is 1.82 bits per heavy atom. The Bertz CT molecular complexity index is 1570. The summed E-state index contributed by atoms with van der Waals surface area (Å²) in [6.07, 6.45) is 0. The van der Waals surface area contributed by atoms with Gasteiger partial charge < -0.3 is 10.6 Å². The molecule has 1 unspecified atom stereocenters. The van der Waals surface area contributed by atoms with E-state index in [9.17, 15) is 25.0 Å². The third-order valence-electron chi connectivity index (χ3n) is 6.22. The number of nitrogens with one attached hydrogen (secondary N) is 2. The van der Waals surface area contributed by atoms with Gasteiger partial charge in [0.1, 0.15) is 0 Å². The largest absolute Gasteiger partial charge is 0.353 e. The zero-order valence-corrected chi connectivity index (χ0v) is 22.6. The van der Waals surface area contributed by atoms with Crippen LogP contribution in [0.2, 0.25) is 5.02 Å². The summed E-state index contributed by atoms with van der Waals surface area (Å²) in [6, 6.07) is 22.0. The van der Waals surface area contributed by atoms with E-state index in [2.05, 4.69) is 16.7 Å². The molecule has 8 nitrogen and oxygen atoms in total. The van der Waals surface area contributed by atoms with E-state index in [4.69, 9.17) is 11.6 Å². The molecule has 196 valence electrons. The molecular formula is C29H23ClN4O4S. The van der Waals surface area contributed by atoms with Gasteiger partial charge in [-0.3, -0.25) is 19.7 Å². The van der Waals surface area contributed by atoms with Gasteiger partial charge in [-0.15, -0.1) is 0 Å². The molecule has 1 atom stereocenters. The number of anilines is 1. The second-order valence-electron chi connectivity index (χ2n) is 8.79. The van der Waals surface area contributed by atoms with Crippen molar-refractivity contribution in [1.82, 2.24) is 5.32 Å². The number of aryl methyl sites for hydroxylation is 1. The molecular weight excluding hydrogens is 536 g/mol. The number of non-ortho nitro benzene ring substituents is 1. The molecule has 0 aromatic heterocycles. The first kappa shape index (κ1) is 27.6. The molecule has 1 heterocycles. The highest BCUT2D eigenvalue weighted by Crippen LogP contribution is 2.41. The number of rotatable bonds is 8. The van der Waals surface area contributed by atoms with Gasteiger partial charge in [0.2, 0.25) is 0 Å². The molecule has 1 amide bonds. The Morgan fingerprint density at radius 3 is 2.46 bits per heavy atom. The van der Waals surface area contributed by atoms with Crippen LogP contribution in [-0.2, 0) is 4.79 Å². The Hall–Kier alpha value is -4.39. The normalized spacial score (nSPS) is 14.9. The third kappa shape index (κ3) is 6.20. The van der Waals surface area contributed by atoms with Crippen LogP contribution < -0.4 is 10.6 Å². The average Bonchev–Trinajstić information content (AvgIpc) is 2.92. The van der Waals surface area contributed by atoms with Crippen LogP contribution in [0.15, 0.2) is 94.7 Å². The predicted octanol–water partition coefficient (Wildman–Crippen LogP) is 6.51. The molecule has 0 aliphatic carbocycles. The minimum atomic E-state index is -0.726. The number of benzene rings is 3. The molecule has 39 heavy (non-hydrogen) atoms. The number of hydrogen-bond acceptors (Lipinski definition) is 7. The lowest BCUT2D eigenvalue weighted by Crippen LogP contribution is -2.31. The standard InChI is InChI=1S/C29H23ClN4O4S/c1-17-6-3-4-9-24(17)33-28(36)26-18(2)32-29(23(15-31)27(26)20-7-5-8-21(30)14-20)39-16-25(35)19-10-12-22(13-11-19)34(37)38/h3-14,27,32H,16H2,1-2H3,(H,33,36). The van der Waals surface area contributed by atoms with Crippen molar-refractivity contribution < 1.29 is 14.5 Å². The molecule has 4 rings (SSSR count). The average molecular weight is 559 g/mol. The predicted molar refractivity (Wildman–Crippen MR) is 152 cm³/mol. The summed E-state index contributed by atoms with van der Waals surface area (Å²) >= 11 is 7.42. The van der Waals surface area contributed by atoms with Crippen molar-refractivity contribution in [3.05, 3.63) is 126 Å². The molecule has 10 heteroatoms. The van der Waals surface area contributed by atoms with Crippen molar-refractivity contribution >= 4 is 46.4 Å². The fourth-order valence-corrected chi connectivity index (χ4v) is 5.42. The van der Waals surface area contributed by atoms with Crippen LogP contribution in [0.5, 0.6) is 0 Å². The molecule has 2 N–H and O–H groups in total. The summed E-state index contributed by atoms with van der Waals surface area (Å²) < 4.78 is 0. The van der Waals surface area contributed by atoms with Crippen LogP contribution in [0.3, 0.4) is 0 Å². The maximum Gasteiger partial charge on any atom is 0.269 e. The lowest BCUT2D eigenvalue weighted by atomic mass is 9.82. The van der Waals surface area contributed by atoms with Gasteiger partial charge in [0, 0.05) is 39.7 Å². The van der Waals surface area contributed by atoms with Crippen LogP contribution in [0, 0.1) is 28.4 Å². The molecule has 0 spiro atoms. The number of Topliss-reactive ketones (excluding diaryl/α,β-unsaturated/α-hetero) is 1. The molecule has 0 saturated carbocycles. The molecule has 0 fully saturated rings. The Balaban J connectivity index is 1.67. The van der Waals surface area contributed by atoms with Gasteiger partial charge in [-0.1, -0.05) is 53.7 Å². The van der Waals surface area contributed by atoms with Gasteiger partial charge in [0.15, 0.2) is 5.78 Å². The van der Waals surface area contributed by atoms with E-state index in [1.165, 1.54) is 24.3 Å². The van der Waals surface area contributed by atoms with Crippen molar-refractivity contribution in [3.63, 3.8) is 0 Å². The Labute approximate surface area is 234 Å². The van der Waals surface area contributed by atoms with Crippen LogP contribution in [-0.4, -0.2) is 22.4 Å². The Kier molecular flexibility index (Phi) is 8.49. The number of thioether (sulfide) groups is 1. The van der Waals surface area contributed by atoms with Crippen LogP contribution >= 0.6 is 23.4 Å². The van der Waals surface area contributed by atoms with Gasteiger partial charge in [-0.05, 0) is 55.3 Å². The minimum absolute atomic E-state index is 0.0222. The third-order valence-corrected chi connectivity index (χ3v) is 7.47. The van der Waals surface area contributed by atoms with E-state index in [0.29, 0.717) is 38.1 Å². The molecule has 3 aromatic carbocycles. The van der Waals surface area contributed by atoms with Gasteiger partial charge in [0.05, 0.1) is 33.3 Å². The molecule has 0 radical (unpaired) electrons. The van der Waals surface area contributed by atoms with Gasteiger partial charge in [-0.25, -0.2) is 0 Å². The zero-order valence-electron chi connectivity index (χ0n) is 21.0. The number of carbonyl (C=O) groups excluding carboxylic acids is 2. The van der Waals surface area contributed by atoms with Crippen LogP contribution in [0.4, 0.5) is 11.4 Å². The lowest BCUT2D eigenvalue weighted by molar-refractivity contribution is -0.384. The van der Waals surface area contributed by atoms with Crippen LogP contribution in [0.1, 0.15) is 34.3 Å². The maximum absolute atomic E-state index is 13.6. The van der Waals surface area contributed by atoms with Crippen molar-refractivity contribution in [2.45, 2.75) is 19.8 Å². The fraction of sp³-hybridized carbons (Fsp3) is 0.138. The fourth-order valence-electron chi connectivity index (χ4n) is 4.24. The highest BCUT2D eigenvalue weighted by atomic mass is 35.5. The SMILES string of the molecule is CC1=C(C(=O)Nc2ccccc2C)C(c2cccc(Cl)c2)C(C#N)=C(SCC(=O)c2ccc([N+](=O)[O-])cc2)N1. The van der Waals surface area contributed by atoms with Gasteiger partial charge >= 0.3 is 0 Å². The number of amides is 1. The first-order chi connectivity index (χ1) is 18.7. The maximum atomic E-state index is 13.6. The summed E-state index contributed by atoms with van der Waals surface area (Å²) in [5.74, 6) is -1.37.